The number of carbonyl (C=O) groups excluding carboxylic acids is 2. The van der Waals surface area contributed by atoms with Gasteiger partial charge in [-0.1, -0.05) is 6.07 Å². The molecule has 0 bridgehead atoms. The maximum Gasteiger partial charge on any atom is 0.325 e. The molecule has 32 heavy (non-hydrogen) atoms. The fraction of sp³-hybridized carbons (Fsp3) is 0.522. The molecule has 2 aromatic rings. The summed E-state index contributed by atoms with van der Waals surface area (Å²) in [5.74, 6) is 0.136. The lowest BCUT2D eigenvalue weighted by atomic mass is 10.1. The number of nitrogens with zero attached hydrogens (tertiary/aromatic N) is 4. The average molecular weight is 457 g/mol. The molecular formula is C23H32N6O2S. The monoisotopic (exact) mass is 456 g/mol. The Labute approximate surface area is 193 Å². The van der Waals surface area contributed by atoms with Gasteiger partial charge in [0, 0.05) is 63.8 Å². The van der Waals surface area contributed by atoms with Gasteiger partial charge in [-0.15, -0.1) is 11.3 Å². The number of rotatable bonds is 5. The largest absolute Gasteiger partial charge is 0.370 e. The van der Waals surface area contributed by atoms with Crippen LogP contribution in [0.3, 0.4) is 0 Å². The lowest BCUT2D eigenvalue weighted by Crippen LogP contribution is -2.47. The van der Waals surface area contributed by atoms with Crippen molar-refractivity contribution in [3.63, 3.8) is 0 Å². The van der Waals surface area contributed by atoms with Crippen LogP contribution >= 0.6 is 11.3 Å². The molecule has 0 aliphatic carbocycles. The fourth-order valence-corrected chi connectivity index (χ4v) is 5.12. The Morgan fingerprint density at radius 2 is 1.78 bits per heavy atom. The van der Waals surface area contributed by atoms with E-state index < -0.39 is 0 Å². The highest BCUT2D eigenvalue weighted by atomic mass is 32.1. The summed E-state index contributed by atoms with van der Waals surface area (Å²) in [7, 11) is 0. The van der Waals surface area contributed by atoms with Gasteiger partial charge in [-0.3, -0.25) is 15.0 Å². The van der Waals surface area contributed by atoms with Crippen LogP contribution in [-0.4, -0.2) is 66.0 Å². The van der Waals surface area contributed by atoms with E-state index in [0.717, 1.165) is 62.1 Å². The minimum atomic E-state index is -0.275. The average Bonchev–Trinajstić information content (AvgIpc) is 3.22. The van der Waals surface area contributed by atoms with Gasteiger partial charge in [-0.2, -0.15) is 0 Å². The molecule has 2 aliphatic heterocycles. The highest BCUT2D eigenvalue weighted by Gasteiger charge is 2.20. The minimum Gasteiger partial charge on any atom is -0.370 e. The van der Waals surface area contributed by atoms with Gasteiger partial charge in [0.1, 0.15) is 0 Å². The van der Waals surface area contributed by atoms with Gasteiger partial charge in [-0.25, -0.2) is 9.78 Å². The zero-order valence-electron chi connectivity index (χ0n) is 18.9. The number of hydrogen-bond donors (Lipinski definition) is 2. The maximum atomic E-state index is 12.7. The number of nitrogens with one attached hydrogen (secondary N) is 2. The van der Waals surface area contributed by atoms with E-state index in [1.165, 1.54) is 36.2 Å². The molecule has 2 saturated heterocycles. The zero-order chi connectivity index (χ0) is 22.5. The molecule has 9 heteroatoms. The molecule has 2 aliphatic rings. The van der Waals surface area contributed by atoms with Crippen LogP contribution in [0, 0.1) is 6.92 Å². The summed E-state index contributed by atoms with van der Waals surface area (Å²) in [6.07, 6.45) is 5.46. The summed E-state index contributed by atoms with van der Waals surface area (Å²) in [4.78, 5) is 36.2. The topological polar surface area (TPSA) is 80.8 Å². The van der Waals surface area contributed by atoms with Gasteiger partial charge in [0.15, 0.2) is 5.13 Å². The summed E-state index contributed by atoms with van der Waals surface area (Å²) in [5.41, 5.74) is 3.10. The van der Waals surface area contributed by atoms with Crippen LogP contribution in [-0.2, 0) is 11.3 Å². The van der Waals surface area contributed by atoms with E-state index in [-0.39, 0.29) is 11.9 Å². The lowest BCUT2D eigenvalue weighted by Gasteiger charge is -2.33. The van der Waals surface area contributed by atoms with Crippen molar-refractivity contribution in [1.82, 2.24) is 14.8 Å². The van der Waals surface area contributed by atoms with Gasteiger partial charge in [0.25, 0.3) is 0 Å². The number of benzene rings is 1. The summed E-state index contributed by atoms with van der Waals surface area (Å²) in [6.45, 7) is 9.76. The predicted octanol–water partition coefficient (Wildman–Crippen LogP) is 3.75. The van der Waals surface area contributed by atoms with E-state index in [9.17, 15) is 9.59 Å². The van der Waals surface area contributed by atoms with Crippen molar-refractivity contribution in [2.75, 3.05) is 54.8 Å². The molecule has 0 radical (unpaired) electrons. The number of piperidine rings is 1. The fourth-order valence-electron chi connectivity index (χ4n) is 4.27. The molecule has 1 aromatic heterocycles. The van der Waals surface area contributed by atoms with E-state index in [2.05, 4.69) is 38.4 Å². The number of carbonyl (C=O) groups is 2. The Balaban J connectivity index is 1.33. The summed E-state index contributed by atoms with van der Waals surface area (Å²) >= 11 is 1.49. The molecule has 0 saturated carbocycles. The third-order valence-electron chi connectivity index (χ3n) is 6.07. The molecule has 8 nitrogen and oxygen atoms in total. The first-order chi connectivity index (χ1) is 15.5. The minimum absolute atomic E-state index is 0.136. The van der Waals surface area contributed by atoms with Crippen LogP contribution in [0.4, 0.5) is 21.3 Å². The number of amides is 3. The molecule has 0 spiro atoms. The molecule has 3 heterocycles. The van der Waals surface area contributed by atoms with Crippen LogP contribution in [0.1, 0.15) is 36.6 Å². The molecule has 2 fully saturated rings. The molecule has 0 unspecified atom stereocenters. The van der Waals surface area contributed by atoms with Gasteiger partial charge in [0.2, 0.25) is 5.91 Å². The smallest absolute Gasteiger partial charge is 0.325 e. The Kier molecular flexibility index (Phi) is 7.26. The van der Waals surface area contributed by atoms with Crippen molar-refractivity contribution in [3.05, 3.63) is 34.8 Å². The van der Waals surface area contributed by atoms with Crippen LogP contribution in [0.15, 0.2) is 24.4 Å². The molecule has 172 valence electrons. The molecule has 2 N–H and O–H groups in total. The van der Waals surface area contributed by atoms with Crippen molar-refractivity contribution in [3.8, 4) is 0 Å². The predicted molar refractivity (Wildman–Crippen MR) is 130 cm³/mol. The van der Waals surface area contributed by atoms with Crippen molar-refractivity contribution < 1.29 is 9.59 Å². The third-order valence-corrected chi connectivity index (χ3v) is 6.97. The second kappa shape index (κ2) is 10.3. The lowest BCUT2D eigenvalue weighted by molar-refractivity contribution is -0.130. The zero-order valence-corrected chi connectivity index (χ0v) is 19.7. The number of piperazine rings is 1. The quantitative estimate of drug-likeness (QED) is 0.716. The van der Waals surface area contributed by atoms with Gasteiger partial charge in [-0.05, 0) is 43.9 Å². The van der Waals surface area contributed by atoms with Crippen LogP contribution < -0.4 is 15.5 Å². The van der Waals surface area contributed by atoms with Crippen molar-refractivity contribution >= 4 is 39.8 Å². The van der Waals surface area contributed by atoms with E-state index in [4.69, 9.17) is 0 Å². The second-order valence-corrected chi connectivity index (χ2v) is 9.68. The molecule has 4 rings (SSSR count). The SMILES string of the molecule is CC(=O)N1CCN(Cc2cnc(NC(=O)Nc3ccc(C)cc3N3CCCCC3)s2)CC1. The highest BCUT2D eigenvalue weighted by molar-refractivity contribution is 7.15. The summed E-state index contributed by atoms with van der Waals surface area (Å²) < 4.78 is 0. The van der Waals surface area contributed by atoms with Crippen molar-refractivity contribution in [2.24, 2.45) is 0 Å². The number of urea groups is 1. The van der Waals surface area contributed by atoms with Crippen molar-refractivity contribution in [1.29, 1.82) is 0 Å². The van der Waals surface area contributed by atoms with Gasteiger partial charge in [0.05, 0.1) is 11.4 Å². The van der Waals surface area contributed by atoms with E-state index in [1.807, 2.05) is 23.2 Å². The van der Waals surface area contributed by atoms with Crippen LogP contribution in [0.5, 0.6) is 0 Å². The van der Waals surface area contributed by atoms with Gasteiger partial charge < -0.3 is 15.1 Å². The Morgan fingerprint density at radius 3 is 2.50 bits per heavy atom. The second-order valence-electron chi connectivity index (χ2n) is 8.56. The number of thiazole rings is 1. The Morgan fingerprint density at radius 1 is 1.03 bits per heavy atom. The maximum absolute atomic E-state index is 12.7. The first kappa shape index (κ1) is 22.5. The third kappa shape index (κ3) is 5.77. The number of hydrogen-bond acceptors (Lipinski definition) is 6. The molecule has 0 atom stereocenters. The number of aromatic nitrogens is 1. The van der Waals surface area contributed by atoms with Gasteiger partial charge >= 0.3 is 6.03 Å². The molecular weight excluding hydrogens is 424 g/mol. The van der Waals surface area contributed by atoms with Crippen LogP contribution in [0.25, 0.3) is 0 Å². The van der Waals surface area contributed by atoms with Crippen molar-refractivity contribution in [2.45, 2.75) is 39.7 Å². The first-order valence-electron chi connectivity index (χ1n) is 11.3. The number of anilines is 3. The highest BCUT2D eigenvalue weighted by Crippen LogP contribution is 2.30. The first-order valence-corrected chi connectivity index (χ1v) is 12.2. The molecule has 3 amide bonds. The van der Waals surface area contributed by atoms with E-state index in [0.29, 0.717) is 5.13 Å². The Hall–Kier alpha value is -2.65. The summed E-state index contributed by atoms with van der Waals surface area (Å²) in [6, 6.07) is 5.88. The summed E-state index contributed by atoms with van der Waals surface area (Å²) in [5, 5.41) is 6.49. The Bertz CT molecular complexity index is 948. The molecule has 1 aromatic carbocycles. The number of aryl methyl sites for hydroxylation is 1. The standard InChI is InChI=1S/C23H32N6O2S/c1-17-6-7-20(21(14-17)29-8-4-3-5-9-29)25-22(31)26-23-24-15-19(32-23)16-27-10-12-28(13-11-27)18(2)30/h6-7,14-15H,3-5,8-13,16H2,1-2H3,(H2,24,25,26,31). The normalized spacial score (nSPS) is 17.3. The van der Waals surface area contributed by atoms with E-state index in [1.54, 1.807) is 6.92 Å². The van der Waals surface area contributed by atoms with E-state index >= 15 is 0 Å². The van der Waals surface area contributed by atoms with Crippen LogP contribution in [0.2, 0.25) is 0 Å².